The summed E-state index contributed by atoms with van der Waals surface area (Å²) in [5, 5.41) is 12.9. The number of aromatic nitrogens is 1. The maximum Gasteiger partial charge on any atom is 0.244 e. The minimum atomic E-state index is -0.0947. The van der Waals surface area contributed by atoms with Crippen LogP contribution in [-0.4, -0.2) is 29.1 Å². The third-order valence-corrected chi connectivity index (χ3v) is 3.82. The maximum atomic E-state index is 11.7. The van der Waals surface area contributed by atoms with Crippen molar-refractivity contribution < 1.29 is 9.90 Å². The van der Waals surface area contributed by atoms with E-state index in [1.165, 1.54) is 0 Å². The first-order valence-corrected chi connectivity index (χ1v) is 7.82. The Balaban J connectivity index is 2.39. The number of nitrogens with one attached hydrogen (secondary N) is 1. The van der Waals surface area contributed by atoms with Crippen molar-refractivity contribution in [2.24, 2.45) is 11.8 Å². The zero-order chi connectivity index (χ0) is 15.0. The monoisotopic (exact) mass is 296 g/mol. The van der Waals surface area contributed by atoms with Gasteiger partial charge in [-0.3, -0.25) is 4.79 Å². The number of carbonyl (C=O) groups is 1. The van der Waals surface area contributed by atoms with Crippen molar-refractivity contribution in [1.82, 2.24) is 10.3 Å². The van der Waals surface area contributed by atoms with Crippen LogP contribution in [0.1, 0.15) is 36.6 Å². The first-order valence-electron chi connectivity index (χ1n) is 7.00. The molecule has 1 unspecified atom stereocenters. The van der Waals surface area contributed by atoms with Crippen molar-refractivity contribution in [1.29, 1.82) is 0 Å². The fraction of sp³-hybridized carbons (Fsp3) is 0.600. The highest BCUT2D eigenvalue weighted by Crippen LogP contribution is 2.15. The summed E-state index contributed by atoms with van der Waals surface area (Å²) in [5.74, 6) is 0.810. The van der Waals surface area contributed by atoms with Crippen molar-refractivity contribution in [3.8, 4) is 0 Å². The van der Waals surface area contributed by atoms with Gasteiger partial charge in [0.2, 0.25) is 5.91 Å². The van der Waals surface area contributed by atoms with Crippen molar-refractivity contribution in [3.63, 3.8) is 0 Å². The van der Waals surface area contributed by atoms with E-state index in [9.17, 15) is 4.79 Å². The largest absolute Gasteiger partial charge is 0.396 e. The Kier molecular flexibility index (Phi) is 7.47. The summed E-state index contributed by atoms with van der Waals surface area (Å²) in [6.45, 7) is 7.02. The Morgan fingerprint density at radius 1 is 1.55 bits per heavy atom. The fourth-order valence-electron chi connectivity index (χ4n) is 2.07. The third kappa shape index (κ3) is 6.82. The van der Waals surface area contributed by atoms with Gasteiger partial charge in [-0.25, -0.2) is 4.98 Å². The highest BCUT2D eigenvalue weighted by atomic mass is 32.1. The first kappa shape index (κ1) is 16.9. The summed E-state index contributed by atoms with van der Waals surface area (Å²) in [4.78, 5) is 16.9. The van der Waals surface area contributed by atoms with Crippen LogP contribution >= 0.6 is 11.3 Å². The zero-order valence-corrected chi connectivity index (χ0v) is 13.2. The van der Waals surface area contributed by atoms with Crippen LogP contribution in [0.2, 0.25) is 0 Å². The van der Waals surface area contributed by atoms with Gasteiger partial charge < -0.3 is 10.4 Å². The lowest BCUT2D eigenvalue weighted by Gasteiger charge is -2.18. The molecule has 1 atom stereocenters. The number of aryl methyl sites for hydroxylation is 1. The van der Waals surface area contributed by atoms with Crippen molar-refractivity contribution >= 4 is 23.3 Å². The first-order chi connectivity index (χ1) is 9.51. The standard InChI is InChI=1S/C15H24N2O2S/c1-11(2)8-13(6-7-18)9-17-15(19)5-4-14-10-16-12(3)20-14/h4-5,10-11,13,18H,6-9H2,1-3H3,(H,17,19)/b5-4+. The number of thiazole rings is 1. The molecule has 0 saturated heterocycles. The van der Waals surface area contributed by atoms with E-state index < -0.39 is 0 Å². The maximum absolute atomic E-state index is 11.7. The highest BCUT2D eigenvalue weighted by molar-refractivity contribution is 7.12. The number of nitrogens with zero attached hydrogens (tertiary/aromatic N) is 1. The van der Waals surface area contributed by atoms with Gasteiger partial charge >= 0.3 is 0 Å². The summed E-state index contributed by atoms with van der Waals surface area (Å²) in [6, 6.07) is 0. The molecule has 1 heterocycles. The number of aliphatic hydroxyl groups is 1. The molecule has 112 valence electrons. The van der Waals surface area contributed by atoms with Crippen LogP contribution in [0.15, 0.2) is 12.3 Å². The Bertz CT molecular complexity index is 441. The van der Waals surface area contributed by atoms with Gasteiger partial charge in [-0.05, 0) is 37.7 Å². The average Bonchev–Trinajstić information content (AvgIpc) is 2.79. The molecule has 0 aliphatic rings. The molecule has 1 aromatic heterocycles. The Morgan fingerprint density at radius 2 is 2.30 bits per heavy atom. The smallest absolute Gasteiger partial charge is 0.244 e. The Morgan fingerprint density at radius 3 is 2.85 bits per heavy atom. The second-order valence-corrected chi connectivity index (χ2v) is 6.63. The molecule has 0 bridgehead atoms. The lowest BCUT2D eigenvalue weighted by Crippen LogP contribution is -2.29. The van der Waals surface area contributed by atoms with Crippen LogP contribution < -0.4 is 5.32 Å². The van der Waals surface area contributed by atoms with Crippen molar-refractivity contribution in [2.45, 2.75) is 33.6 Å². The molecule has 0 spiro atoms. The van der Waals surface area contributed by atoms with Crippen molar-refractivity contribution in [3.05, 3.63) is 22.2 Å². The van der Waals surface area contributed by atoms with Crippen LogP contribution in [0.3, 0.4) is 0 Å². The number of hydrogen-bond acceptors (Lipinski definition) is 4. The SMILES string of the molecule is Cc1ncc(/C=C/C(=O)NCC(CCO)CC(C)C)s1. The second kappa shape index (κ2) is 8.87. The molecular weight excluding hydrogens is 272 g/mol. The van der Waals surface area contributed by atoms with E-state index in [-0.39, 0.29) is 12.5 Å². The van der Waals surface area contributed by atoms with Crippen molar-refractivity contribution in [2.75, 3.05) is 13.2 Å². The van der Waals surface area contributed by atoms with E-state index in [4.69, 9.17) is 5.11 Å². The predicted molar refractivity (Wildman–Crippen MR) is 83.5 cm³/mol. The molecule has 20 heavy (non-hydrogen) atoms. The number of rotatable bonds is 8. The Hall–Kier alpha value is -1.20. The lowest BCUT2D eigenvalue weighted by atomic mass is 9.94. The number of hydrogen-bond donors (Lipinski definition) is 2. The lowest BCUT2D eigenvalue weighted by molar-refractivity contribution is -0.116. The normalized spacial score (nSPS) is 13.1. The molecule has 0 saturated carbocycles. The number of carbonyl (C=O) groups excluding carboxylic acids is 1. The minimum Gasteiger partial charge on any atom is -0.396 e. The van der Waals surface area contributed by atoms with Crippen LogP contribution in [0, 0.1) is 18.8 Å². The van der Waals surface area contributed by atoms with Crippen LogP contribution in [0.5, 0.6) is 0 Å². The van der Waals surface area contributed by atoms with Gasteiger partial charge in [0.1, 0.15) is 0 Å². The molecule has 1 aromatic rings. The number of aliphatic hydroxyl groups excluding tert-OH is 1. The molecule has 5 heteroatoms. The highest BCUT2D eigenvalue weighted by Gasteiger charge is 2.11. The second-order valence-electron chi connectivity index (χ2n) is 5.37. The molecule has 1 amide bonds. The molecule has 4 nitrogen and oxygen atoms in total. The Labute approximate surface area is 124 Å². The van der Waals surface area contributed by atoms with Gasteiger partial charge in [-0.2, -0.15) is 0 Å². The average molecular weight is 296 g/mol. The molecule has 1 rings (SSSR count). The summed E-state index contributed by atoms with van der Waals surface area (Å²) in [5.41, 5.74) is 0. The van der Waals surface area contributed by atoms with E-state index in [0.29, 0.717) is 18.4 Å². The van der Waals surface area contributed by atoms with E-state index in [1.54, 1.807) is 29.7 Å². The minimum absolute atomic E-state index is 0.0947. The molecule has 0 aromatic carbocycles. The predicted octanol–water partition coefficient (Wildman–Crippen LogP) is 2.63. The van der Waals surface area contributed by atoms with Crippen LogP contribution in [-0.2, 0) is 4.79 Å². The molecule has 0 aliphatic carbocycles. The van der Waals surface area contributed by atoms with E-state index in [1.807, 2.05) is 6.92 Å². The van der Waals surface area contributed by atoms with E-state index in [0.717, 1.165) is 22.7 Å². The van der Waals surface area contributed by atoms with Gasteiger partial charge in [0.25, 0.3) is 0 Å². The fourth-order valence-corrected chi connectivity index (χ4v) is 2.76. The molecule has 2 N–H and O–H groups in total. The van der Waals surface area contributed by atoms with Gasteiger partial charge in [0, 0.05) is 30.3 Å². The van der Waals surface area contributed by atoms with Gasteiger partial charge in [0.15, 0.2) is 0 Å². The van der Waals surface area contributed by atoms with Gasteiger partial charge in [-0.1, -0.05) is 13.8 Å². The summed E-state index contributed by atoms with van der Waals surface area (Å²) >= 11 is 1.56. The molecule has 0 aliphatic heterocycles. The summed E-state index contributed by atoms with van der Waals surface area (Å²) < 4.78 is 0. The number of amides is 1. The van der Waals surface area contributed by atoms with Gasteiger partial charge in [0.05, 0.1) is 5.01 Å². The van der Waals surface area contributed by atoms with E-state index in [2.05, 4.69) is 24.1 Å². The van der Waals surface area contributed by atoms with E-state index >= 15 is 0 Å². The zero-order valence-electron chi connectivity index (χ0n) is 12.4. The van der Waals surface area contributed by atoms with Crippen LogP contribution in [0.4, 0.5) is 0 Å². The summed E-state index contributed by atoms with van der Waals surface area (Å²) in [7, 11) is 0. The summed E-state index contributed by atoms with van der Waals surface area (Å²) in [6.07, 6.45) is 6.83. The molecule has 0 radical (unpaired) electrons. The topological polar surface area (TPSA) is 62.2 Å². The molecule has 0 fully saturated rings. The van der Waals surface area contributed by atoms with Gasteiger partial charge in [-0.15, -0.1) is 11.3 Å². The van der Waals surface area contributed by atoms with Crippen LogP contribution in [0.25, 0.3) is 6.08 Å². The quantitative estimate of drug-likeness (QED) is 0.725. The molecular formula is C15H24N2O2S. The third-order valence-electron chi connectivity index (χ3n) is 2.95.